The van der Waals surface area contributed by atoms with Crippen LogP contribution in [0.5, 0.6) is 5.75 Å². The van der Waals surface area contributed by atoms with Gasteiger partial charge in [-0.2, -0.15) is 4.90 Å². The molecule has 0 bridgehead atoms. The normalized spacial score (nSPS) is 12.4. The van der Waals surface area contributed by atoms with Gasteiger partial charge in [-0.05, 0) is 78.8 Å². The van der Waals surface area contributed by atoms with Crippen LogP contribution in [0.25, 0.3) is 27.3 Å². The molecule has 0 saturated heterocycles. The van der Waals surface area contributed by atoms with E-state index in [1.54, 1.807) is 66.1 Å². The minimum atomic E-state index is -0.939. The molecule has 0 aliphatic carbocycles. The van der Waals surface area contributed by atoms with Crippen LogP contribution in [0.4, 0.5) is 15.4 Å². The van der Waals surface area contributed by atoms with Crippen molar-refractivity contribution in [1.82, 2.24) is 19.7 Å². The Kier molecular flexibility index (Phi) is 9.47. The summed E-state index contributed by atoms with van der Waals surface area (Å²) in [7, 11) is 0. The summed E-state index contributed by atoms with van der Waals surface area (Å²) < 4.78 is 18.8. The number of carbonyl (C=O) groups is 3. The van der Waals surface area contributed by atoms with Crippen molar-refractivity contribution in [3.8, 4) is 22.0 Å². The molecule has 5 aromatic rings. The molecule has 0 spiro atoms. The van der Waals surface area contributed by atoms with E-state index in [0.29, 0.717) is 37.4 Å². The Balaban J connectivity index is 1.42. The van der Waals surface area contributed by atoms with Gasteiger partial charge in [-0.1, -0.05) is 35.9 Å². The summed E-state index contributed by atoms with van der Waals surface area (Å²) in [5.74, 6) is -0.328. The second-order valence-corrected chi connectivity index (χ2v) is 14.3. The molecular formula is C34H35ClN6O6S. The number of imidazole rings is 1. The first kappa shape index (κ1) is 34.3. The SMILES string of the molecule is C[C@@H](Oc1cc(-n2cnc3cc(-c4ccc(N(C(=O)OC(C)(C)C)C(=O)OC(C)(C)C)nn4)ccc32)sc1C(N)=O)c1ccccc1Cl. The fourth-order valence-electron chi connectivity index (χ4n) is 4.62. The van der Waals surface area contributed by atoms with Gasteiger partial charge in [-0.25, -0.2) is 14.6 Å². The molecular weight excluding hydrogens is 656 g/mol. The predicted molar refractivity (Wildman–Crippen MR) is 184 cm³/mol. The lowest BCUT2D eigenvalue weighted by Crippen LogP contribution is -2.44. The minimum absolute atomic E-state index is 0.0579. The molecule has 5 rings (SSSR count). The highest BCUT2D eigenvalue weighted by Gasteiger charge is 2.34. The van der Waals surface area contributed by atoms with Crippen LogP contribution in [0.2, 0.25) is 5.02 Å². The molecule has 0 saturated carbocycles. The van der Waals surface area contributed by atoms with Crippen LogP contribution in [0.15, 0.2) is 67.0 Å². The van der Waals surface area contributed by atoms with Gasteiger partial charge < -0.3 is 19.9 Å². The molecule has 2 aromatic carbocycles. The van der Waals surface area contributed by atoms with Crippen molar-refractivity contribution in [2.24, 2.45) is 5.73 Å². The lowest BCUT2D eigenvalue weighted by Gasteiger charge is -2.27. The lowest BCUT2D eigenvalue weighted by atomic mass is 10.1. The predicted octanol–water partition coefficient (Wildman–Crippen LogP) is 8.11. The molecule has 0 aliphatic rings. The monoisotopic (exact) mass is 690 g/mol. The van der Waals surface area contributed by atoms with Gasteiger partial charge >= 0.3 is 12.2 Å². The maximum absolute atomic E-state index is 13.0. The van der Waals surface area contributed by atoms with Crippen molar-refractivity contribution < 1.29 is 28.6 Å². The van der Waals surface area contributed by atoms with Crippen LogP contribution in [0.3, 0.4) is 0 Å². The molecule has 3 heterocycles. The first-order chi connectivity index (χ1) is 22.5. The third kappa shape index (κ3) is 7.75. The summed E-state index contributed by atoms with van der Waals surface area (Å²) in [6.07, 6.45) is -0.675. The summed E-state index contributed by atoms with van der Waals surface area (Å²) in [4.78, 5) is 43.9. The maximum atomic E-state index is 13.0. The van der Waals surface area contributed by atoms with E-state index in [9.17, 15) is 14.4 Å². The number of nitrogens with two attached hydrogens (primary N) is 1. The number of thiophene rings is 1. The van der Waals surface area contributed by atoms with Crippen LogP contribution >= 0.6 is 22.9 Å². The molecule has 14 heteroatoms. The third-order valence-corrected chi connectivity index (χ3v) is 8.14. The van der Waals surface area contributed by atoms with Gasteiger partial charge in [0, 0.05) is 22.2 Å². The van der Waals surface area contributed by atoms with Crippen molar-refractivity contribution in [3.05, 3.63) is 82.5 Å². The van der Waals surface area contributed by atoms with Gasteiger partial charge in [0.25, 0.3) is 5.91 Å². The number of amides is 3. The second kappa shape index (κ2) is 13.2. The summed E-state index contributed by atoms with van der Waals surface area (Å²) in [5, 5.41) is 9.66. The summed E-state index contributed by atoms with van der Waals surface area (Å²) in [6, 6.07) is 17.7. The number of primary amides is 1. The highest BCUT2D eigenvalue weighted by Crippen LogP contribution is 2.37. The zero-order valence-corrected chi connectivity index (χ0v) is 29.0. The zero-order chi connectivity index (χ0) is 35.0. The third-order valence-electron chi connectivity index (χ3n) is 6.67. The topological polar surface area (TPSA) is 152 Å². The Morgan fingerprint density at radius 1 is 0.917 bits per heavy atom. The average molecular weight is 691 g/mol. The summed E-state index contributed by atoms with van der Waals surface area (Å²) in [6.45, 7) is 12.0. The van der Waals surface area contributed by atoms with Crippen LogP contribution in [0.1, 0.15) is 69.8 Å². The van der Waals surface area contributed by atoms with Gasteiger partial charge in [-0.3, -0.25) is 9.36 Å². The molecule has 3 amide bonds. The number of fused-ring (bicyclic) bond motifs is 1. The molecule has 0 fully saturated rings. The molecule has 3 aromatic heterocycles. The standard InChI is InChI=1S/C34H35ClN6O6S/c1-19(21-10-8-9-11-22(21)35)45-26-17-28(48-29(26)30(36)42)40-18-37-24-16-20(12-14-25(24)40)23-13-15-27(39-38-23)41(31(43)46-33(2,3)4)32(44)47-34(5,6)7/h8-19H,1-7H3,(H2,36,42)/t19-/m1/s1. The van der Waals surface area contributed by atoms with Gasteiger partial charge in [0.05, 0.1) is 16.7 Å². The van der Waals surface area contributed by atoms with Crippen LogP contribution in [-0.4, -0.2) is 49.0 Å². The first-order valence-electron chi connectivity index (χ1n) is 14.9. The number of ether oxygens (including phenoxy) is 3. The van der Waals surface area contributed by atoms with Crippen molar-refractivity contribution >= 4 is 57.9 Å². The number of carbonyl (C=O) groups excluding carboxylic acids is 3. The van der Waals surface area contributed by atoms with Gasteiger partial charge in [0.1, 0.15) is 39.3 Å². The molecule has 2 N–H and O–H groups in total. The molecule has 1 atom stereocenters. The van der Waals surface area contributed by atoms with Crippen molar-refractivity contribution in [1.29, 1.82) is 0 Å². The summed E-state index contributed by atoms with van der Waals surface area (Å²) in [5.41, 5.74) is 7.32. The maximum Gasteiger partial charge on any atom is 0.425 e. The number of aromatic nitrogens is 4. The quantitative estimate of drug-likeness (QED) is 0.178. The molecule has 0 aliphatic heterocycles. The van der Waals surface area contributed by atoms with E-state index in [-0.39, 0.29) is 10.7 Å². The van der Waals surface area contributed by atoms with Gasteiger partial charge in [-0.15, -0.1) is 21.5 Å². The Hall–Kier alpha value is -5.01. The van der Waals surface area contributed by atoms with E-state index in [1.807, 2.05) is 47.9 Å². The van der Waals surface area contributed by atoms with E-state index >= 15 is 0 Å². The van der Waals surface area contributed by atoms with Gasteiger partial charge in [0.2, 0.25) is 0 Å². The van der Waals surface area contributed by atoms with E-state index in [4.69, 9.17) is 31.5 Å². The smallest absolute Gasteiger partial charge is 0.425 e. The number of hydrogen-bond acceptors (Lipinski definition) is 10. The average Bonchev–Trinajstić information content (AvgIpc) is 3.60. The van der Waals surface area contributed by atoms with Crippen LogP contribution in [-0.2, 0) is 9.47 Å². The number of rotatable bonds is 7. The second-order valence-electron chi connectivity index (χ2n) is 12.8. The highest BCUT2D eigenvalue weighted by atomic mass is 35.5. The van der Waals surface area contributed by atoms with Crippen LogP contribution in [0, 0.1) is 0 Å². The van der Waals surface area contributed by atoms with E-state index in [2.05, 4.69) is 15.2 Å². The number of anilines is 1. The van der Waals surface area contributed by atoms with Crippen LogP contribution < -0.4 is 15.4 Å². The highest BCUT2D eigenvalue weighted by molar-refractivity contribution is 7.16. The number of nitrogens with zero attached hydrogens (tertiary/aromatic N) is 5. The number of imide groups is 1. The van der Waals surface area contributed by atoms with E-state index < -0.39 is 35.4 Å². The minimum Gasteiger partial charge on any atom is -0.484 e. The number of hydrogen-bond donors (Lipinski definition) is 1. The molecule has 48 heavy (non-hydrogen) atoms. The fourth-order valence-corrected chi connectivity index (χ4v) is 5.84. The van der Waals surface area contributed by atoms with Gasteiger partial charge in [0.15, 0.2) is 5.82 Å². The zero-order valence-electron chi connectivity index (χ0n) is 27.5. The molecule has 12 nitrogen and oxygen atoms in total. The lowest BCUT2D eigenvalue weighted by molar-refractivity contribution is 0.0428. The van der Waals surface area contributed by atoms with Crippen molar-refractivity contribution in [3.63, 3.8) is 0 Å². The van der Waals surface area contributed by atoms with E-state index in [0.717, 1.165) is 11.1 Å². The first-order valence-corrected chi connectivity index (χ1v) is 16.1. The number of halogens is 1. The van der Waals surface area contributed by atoms with E-state index in [1.165, 1.54) is 17.4 Å². The summed E-state index contributed by atoms with van der Waals surface area (Å²) >= 11 is 7.54. The van der Waals surface area contributed by atoms with Crippen molar-refractivity contribution in [2.75, 3.05) is 4.90 Å². The Labute approximate surface area is 286 Å². The molecule has 0 unspecified atom stereocenters. The Bertz CT molecular complexity index is 1970. The van der Waals surface area contributed by atoms with Crippen molar-refractivity contribution in [2.45, 2.75) is 65.8 Å². The largest absolute Gasteiger partial charge is 0.484 e. The molecule has 0 radical (unpaired) electrons. The Morgan fingerprint density at radius 2 is 1.58 bits per heavy atom. The molecule has 250 valence electrons. The number of benzene rings is 2. The fraction of sp³-hybridized carbons (Fsp3) is 0.294. The Morgan fingerprint density at radius 3 is 2.17 bits per heavy atom.